The number of amides is 1. The van der Waals surface area contributed by atoms with Crippen molar-refractivity contribution in [2.24, 2.45) is 23.5 Å². The second-order valence-corrected chi connectivity index (χ2v) is 8.20. The zero-order valence-corrected chi connectivity index (χ0v) is 17.1. The number of hydrogen-bond donors (Lipinski definition) is 3. The predicted octanol–water partition coefficient (Wildman–Crippen LogP) is 3.20. The molecule has 0 aromatic heterocycles. The molecule has 2 aliphatic carbocycles. The van der Waals surface area contributed by atoms with Crippen LogP contribution in [0, 0.1) is 17.8 Å². The Morgan fingerprint density at radius 2 is 1.96 bits per heavy atom. The molecule has 3 atom stereocenters. The first-order chi connectivity index (χ1) is 12.4. The summed E-state index contributed by atoms with van der Waals surface area (Å²) in [5.74, 6) is 1.79. The van der Waals surface area contributed by atoms with Gasteiger partial charge in [0.1, 0.15) is 5.75 Å². The van der Waals surface area contributed by atoms with Crippen LogP contribution in [0.3, 0.4) is 0 Å². The normalized spacial score (nSPS) is 28.2. The van der Waals surface area contributed by atoms with Gasteiger partial charge in [0.25, 0.3) is 0 Å². The maximum Gasteiger partial charge on any atom is 0.223 e. The number of aliphatic hydroxyl groups excluding tert-OH is 1. The van der Waals surface area contributed by atoms with Crippen LogP contribution in [-0.4, -0.2) is 29.7 Å². The van der Waals surface area contributed by atoms with E-state index >= 15 is 0 Å². The van der Waals surface area contributed by atoms with Gasteiger partial charge < -0.3 is 20.9 Å². The van der Waals surface area contributed by atoms with E-state index in [1.807, 2.05) is 38.1 Å². The first kappa shape index (κ1) is 22.0. The number of nitrogens with one attached hydrogen (secondary N) is 1. The molecule has 4 N–H and O–H groups in total. The highest BCUT2D eigenvalue weighted by molar-refractivity contribution is 5.85. The lowest BCUT2D eigenvalue weighted by Gasteiger charge is -2.43. The molecule has 1 aromatic rings. The van der Waals surface area contributed by atoms with Gasteiger partial charge in [-0.15, -0.1) is 12.4 Å². The molecule has 3 unspecified atom stereocenters. The highest BCUT2D eigenvalue weighted by Gasteiger charge is 2.40. The molecule has 2 bridgehead atoms. The molecular formula is C21H33ClN2O3. The van der Waals surface area contributed by atoms with Crippen molar-refractivity contribution in [3.63, 3.8) is 0 Å². The van der Waals surface area contributed by atoms with Crippen LogP contribution in [0.25, 0.3) is 0 Å². The van der Waals surface area contributed by atoms with Crippen LogP contribution in [0.4, 0.5) is 0 Å². The number of carbonyl (C=O) groups excluding carboxylic acids is 1. The Balaban J connectivity index is 0.00000261. The van der Waals surface area contributed by atoms with E-state index in [0.29, 0.717) is 11.8 Å². The Morgan fingerprint density at radius 1 is 1.30 bits per heavy atom. The van der Waals surface area contributed by atoms with Crippen LogP contribution in [-0.2, 0) is 4.79 Å². The Labute approximate surface area is 168 Å². The number of ether oxygens (including phenoxy) is 1. The average Bonchev–Trinajstić information content (AvgIpc) is 2.58. The van der Waals surface area contributed by atoms with Crippen LogP contribution in [0.2, 0.25) is 0 Å². The molecule has 0 radical (unpaired) electrons. The maximum atomic E-state index is 12.6. The Kier molecular flexibility index (Phi) is 7.95. The fourth-order valence-corrected chi connectivity index (χ4v) is 4.53. The quantitative estimate of drug-likeness (QED) is 0.689. The number of benzene rings is 1. The first-order valence-corrected chi connectivity index (χ1v) is 9.92. The van der Waals surface area contributed by atoms with Gasteiger partial charge in [0.05, 0.1) is 12.2 Å². The second kappa shape index (κ2) is 9.76. The van der Waals surface area contributed by atoms with Gasteiger partial charge in [0, 0.05) is 18.5 Å². The van der Waals surface area contributed by atoms with Crippen LogP contribution in [0.5, 0.6) is 5.75 Å². The zero-order valence-electron chi connectivity index (χ0n) is 16.3. The minimum Gasteiger partial charge on any atom is -0.491 e. The third-order valence-electron chi connectivity index (χ3n) is 5.87. The van der Waals surface area contributed by atoms with Crippen molar-refractivity contribution in [2.45, 2.75) is 64.2 Å². The summed E-state index contributed by atoms with van der Waals surface area (Å²) in [5.41, 5.74) is 7.07. The summed E-state index contributed by atoms with van der Waals surface area (Å²) in [7, 11) is 0. The number of hydrogen-bond acceptors (Lipinski definition) is 4. The summed E-state index contributed by atoms with van der Waals surface area (Å²) in [6, 6.07) is 7.69. The van der Waals surface area contributed by atoms with Crippen molar-refractivity contribution in [3.8, 4) is 5.75 Å². The van der Waals surface area contributed by atoms with Crippen LogP contribution in [0.1, 0.15) is 57.6 Å². The highest BCUT2D eigenvalue weighted by atomic mass is 35.5. The van der Waals surface area contributed by atoms with E-state index in [4.69, 9.17) is 10.5 Å². The van der Waals surface area contributed by atoms with E-state index in [9.17, 15) is 9.90 Å². The van der Waals surface area contributed by atoms with Gasteiger partial charge in [-0.2, -0.15) is 0 Å². The predicted molar refractivity (Wildman–Crippen MR) is 109 cm³/mol. The zero-order chi connectivity index (χ0) is 18.7. The van der Waals surface area contributed by atoms with Gasteiger partial charge >= 0.3 is 0 Å². The molecule has 0 spiro atoms. The second-order valence-electron chi connectivity index (χ2n) is 8.20. The third-order valence-corrected chi connectivity index (χ3v) is 5.87. The van der Waals surface area contributed by atoms with Crippen molar-refractivity contribution in [3.05, 3.63) is 29.8 Å². The molecule has 2 fully saturated rings. The lowest BCUT2D eigenvalue weighted by molar-refractivity contribution is -0.128. The standard InChI is InChI=1S/C21H32N2O3.ClH/c1-13(2)26-18-8-4-5-14(11-18)19(24)12-23-21(25)17-9-15-6-3-7-16(10-17)20(15)22;/h4-5,8,11,13,15-17,19-20,24H,3,6-7,9-10,12,22H2,1-2H3,(H,23,25);1H. The summed E-state index contributed by atoms with van der Waals surface area (Å²) in [6.07, 6.45) is 4.65. The van der Waals surface area contributed by atoms with E-state index in [2.05, 4.69) is 5.32 Å². The lowest BCUT2D eigenvalue weighted by atomic mass is 9.65. The number of carbonyl (C=O) groups is 1. The number of rotatable bonds is 6. The van der Waals surface area contributed by atoms with E-state index in [-0.39, 0.29) is 42.9 Å². The molecule has 0 aliphatic heterocycles. The molecule has 27 heavy (non-hydrogen) atoms. The molecule has 2 saturated carbocycles. The fraction of sp³-hybridized carbons (Fsp3) is 0.667. The molecule has 2 aliphatic rings. The average molecular weight is 397 g/mol. The number of aliphatic hydroxyl groups is 1. The van der Waals surface area contributed by atoms with Gasteiger partial charge in [-0.3, -0.25) is 4.79 Å². The number of fused-ring (bicyclic) bond motifs is 2. The fourth-order valence-electron chi connectivity index (χ4n) is 4.53. The van der Waals surface area contributed by atoms with Gasteiger partial charge in [0.2, 0.25) is 5.91 Å². The molecule has 1 aromatic carbocycles. The summed E-state index contributed by atoms with van der Waals surface area (Å²) < 4.78 is 5.67. The smallest absolute Gasteiger partial charge is 0.223 e. The Hall–Kier alpha value is -1.30. The van der Waals surface area contributed by atoms with Gasteiger partial charge in [-0.1, -0.05) is 18.6 Å². The van der Waals surface area contributed by atoms with Crippen LogP contribution < -0.4 is 15.8 Å². The molecule has 1 amide bonds. The van der Waals surface area contributed by atoms with Crippen molar-refractivity contribution >= 4 is 18.3 Å². The third kappa shape index (κ3) is 5.59. The first-order valence-electron chi connectivity index (χ1n) is 9.92. The topological polar surface area (TPSA) is 84.6 Å². The molecule has 5 nitrogen and oxygen atoms in total. The van der Waals surface area contributed by atoms with Crippen molar-refractivity contribution < 1.29 is 14.6 Å². The minimum absolute atomic E-state index is 0. The monoisotopic (exact) mass is 396 g/mol. The summed E-state index contributed by atoms with van der Waals surface area (Å²) in [6.45, 7) is 4.16. The maximum absolute atomic E-state index is 12.6. The molecular weight excluding hydrogens is 364 g/mol. The van der Waals surface area contributed by atoms with E-state index < -0.39 is 6.10 Å². The molecule has 0 heterocycles. The molecule has 3 rings (SSSR count). The van der Waals surface area contributed by atoms with Gasteiger partial charge in [-0.05, 0) is 69.1 Å². The number of halogens is 1. The van der Waals surface area contributed by atoms with Crippen molar-refractivity contribution in [2.75, 3.05) is 6.54 Å². The van der Waals surface area contributed by atoms with E-state index in [1.165, 1.54) is 6.42 Å². The summed E-state index contributed by atoms with van der Waals surface area (Å²) in [5, 5.41) is 13.4. The van der Waals surface area contributed by atoms with Crippen molar-refractivity contribution in [1.82, 2.24) is 5.32 Å². The number of nitrogens with two attached hydrogens (primary N) is 1. The summed E-state index contributed by atoms with van der Waals surface area (Å²) in [4.78, 5) is 12.6. The highest BCUT2D eigenvalue weighted by Crippen LogP contribution is 2.41. The molecule has 152 valence electrons. The van der Waals surface area contributed by atoms with Gasteiger partial charge in [-0.25, -0.2) is 0 Å². The van der Waals surface area contributed by atoms with Crippen molar-refractivity contribution in [1.29, 1.82) is 0 Å². The van der Waals surface area contributed by atoms with E-state index in [1.54, 1.807) is 0 Å². The SMILES string of the molecule is CC(C)Oc1cccc(C(O)CNC(=O)C2CC3CCCC(C2)C3N)c1.Cl. The Bertz CT molecular complexity index is 611. The largest absolute Gasteiger partial charge is 0.491 e. The van der Waals surface area contributed by atoms with E-state index in [0.717, 1.165) is 37.0 Å². The Morgan fingerprint density at radius 3 is 2.59 bits per heavy atom. The van der Waals surface area contributed by atoms with Crippen LogP contribution >= 0.6 is 12.4 Å². The van der Waals surface area contributed by atoms with Gasteiger partial charge in [0.15, 0.2) is 0 Å². The summed E-state index contributed by atoms with van der Waals surface area (Å²) >= 11 is 0. The lowest BCUT2D eigenvalue weighted by Crippen LogP contribution is -2.49. The van der Waals surface area contributed by atoms with Crippen LogP contribution in [0.15, 0.2) is 24.3 Å². The molecule has 0 saturated heterocycles. The molecule has 6 heteroatoms. The minimum atomic E-state index is -0.736.